The largest absolute Gasteiger partial charge is 0.508 e. The van der Waals surface area contributed by atoms with E-state index in [2.05, 4.69) is 36.1 Å². The number of aromatic hydroxyl groups is 1. The number of hydrazone groups is 1. The number of alkyl halides is 1. The molecule has 236 valence electrons. The maximum atomic E-state index is 14.5. The first-order valence-electron chi connectivity index (χ1n) is 15.3. The lowest BCUT2D eigenvalue weighted by Crippen LogP contribution is -2.51. The van der Waals surface area contributed by atoms with Crippen molar-refractivity contribution in [3.05, 3.63) is 46.9 Å². The van der Waals surface area contributed by atoms with Crippen LogP contribution in [0.2, 0.25) is 0 Å². The van der Waals surface area contributed by atoms with Gasteiger partial charge in [-0.1, -0.05) is 12.0 Å². The van der Waals surface area contributed by atoms with E-state index in [0.717, 1.165) is 38.9 Å². The summed E-state index contributed by atoms with van der Waals surface area (Å²) in [5.74, 6) is 2.38. The van der Waals surface area contributed by atoms with Crippen LogP contribution in [0.15, 0.2) is 29.4 Å². The van der Waals surface area contributed by atoms with E-state index in [1.54, 1.807) is 13.1 Å². The maximum absolute atomic E-state index is 14.5. The molecule has 45 heavy (non-hydrogen) atoms. The van der Waals surface area contributed by atoms with Gasteiger partial charge in [0.15, 0.2) is 6.29 Å². The van der Waals surface area contributed by atoms with Gasteiger partial charge in [0.1, 0.15) is 29.3 Å². The van der Waals surface area contributed by atoms with E-state index in [1.165, 1.54) is 49.4 Å². The Morgan fingerprint density at radius 2 is 1.98 bits per heavy atom. The number of phenolic OH excluding ortho intramolecular Hbond substituents is 1. The third kappa shape index (κ3) is 6.28. The zero-order valence-electron chi connectivity index (χ0n) is 25.4. The van der Waals surface area contributed by atoms with Crippen LogP contribution in [0.1, 0.15) is 53.7 Å². The van der Waals surface area contributed by atoms with Crippen molar-refractivity contribution in [1.82, 2.24) is 20.2 Å². The van der Waals surface area contributed by atoms with E-state index in [0.29, 0.717) is 58.8 Å². The molecule has 4 aliphatic rings. The van der Waals surface area contributed by atoms with Gasteiger partial charge in [0.25, 0.3) is 0 Å². The molecule has 4 saturated heterocycles. The van der Waals surface area contributed by atoms with Crippen LogP contribution in [0.4, 0.5) is 20.3 Å². The van der Waals surface area contributed by atoms with Crippen molar-refractivity contribution in [2.24, 2.45) is 5.10 Å². The molecule has 4 aliphatic heterocycles. The molecule has 10 nitrogen and oxygen atoms in total. The summed E-state index contributed by atoms with van der Waals surface area (Å²) >= 11 is 0. The standard InChI is InChI=1S/C26H25FN6O3.C7H12FN/c1-4-19-21(27)8-5-15-9-18(35)10-23(24(15)19)32(2)28-11-20-22(14-34)30-26(36-3)31-25(20)33-12-16-6-7-17(13-33)29-16;8-6-4-7-2-1-3-9(7)5-6/h1,5,8-11,14,16-17,29,35H,6-7,12-13H2,2-3H3;6-7H,1-5H2/b28-11-;. The van der Waals surface area contributed by atoms with Gasteiger partial charge in [-0.3, -0.25) is 14.7 Å². The highest BCUT2D eigenvalue weighted by Crippen LogP contribution is 2.35. The van der Waals surface area contributed by atoms with E-state index in [-0.39, 0.29) is 23.0 Å². The van der Waals surface area contributed by atoms with Gasteiger partial charge in [0.2, 0.25) is 0 Å². The van der Waals surface area contributed by atoms with Crippen molar-refractivity contribution in [3.8, 4) is 24.1 Å². The average molecular weight is 618 g/mol. The number of nitrogens with zero attached hydrogens (tertiary/aromatic N) is 6. The van der Waals surface area contributed by atoms with Crippen LogP contribution in [0.5, 0.6) is 11.8 Å². The summed E-state index contributed by atoms with van der Waals surface area (Å²) < 4.78 is 32.3. The highest BCUT2D eigenvalue weighted by atomic mass is 19.1. The number of piperazine rings is 1. The van der Waals surface area contributed by atoms with Gasteiger partial charge in [-0.25, -0.2) is 8.78 Å². The quantitative estimate of drug-likeness (QED) is 0.185. The zero-order valence-corrected chi connectivity index (χ0v) is 25.4. The van der Waals surface area contributed by atoms with Gasteiger partial charge in [-0.15, -0.1) is 6.42 Å². The predicted octanol–water partition coefficient (Wildman–Crippen LogP) is 3.88. The number of terminal acetylenes is 1. The fourth-order valence-corrected chi connectivity index (χ4v) is 7.00. The smallest absolute Gasteiger partial charge is 0.318 e. The summed E-state index contributed by atoms with van der Waals surface area (Å²) in [6.07, 6.45) is 12.7. The van der Waals surface area contributed by atoms with Crippen molar-refractivity contribution in [1.29, 1.82) is 0 Å². The molecule has 2 bridgehead atoms. The molecule has 4 unspecified atom stereocenters. The number of halogens is 2. The number of nitrogens with one attached hydrogen (secondary N) is 1. The fraction of sp³-hybridized carbons (Fsp3) is 0.455. The molecule has 1 aromatic heterocycles. The number of hydrogen-bond acceptors (Lipinski definition) is 10. The average Bonchev–Trinajstić information content (AvgIpc) is 3.73. The van der Waals surface area contributed by atoms with Crippen molar-refractivity contribution in [2.45, 2.75) is 56.4 Å². The molecule has 2 aromatic carbocycles. The molecule has 0 radical (unpaired) electrons. The molecular formula is C33H37F2N7O3. The van der Waals surface area contributed by atoms with Crippen LogP contribution in [-0.2, 0) is 0 Å². The Kier molecular flexibility index (Phi) is 8.83. The minimum atomic E-state index is -0.545. The van der Waals surface area contributed by atoms with Crippen LogP contribution < -0.4 is 20.0 Å². The number of aldehydes is 1. The van der Waals surface area contributed by atoms with Gasteiger partial charge in [0, 0.05) is 56.3 Å². The summed E-state index contributed by atoms with van der Waals surface area (Å²) in [7, 11) is 3.09. The van der Waals surface area contributed by atoms with E-state index in [4.69, 9.17) is 11.2 Å². The molecule has 4 atom stereocenters. The Bertz CT molecular complexity index is 1640. The zero-order chi connectivity index (χ0) is 31.7. The van der Waals surface area contributed by atoms with Crippen LogP contribution in [0.25, 0.3) is 10.8 Å². The SMILES string of the molecule is C#Cc1c(F)ccc2cc(O)cc(N(C)/N=C\c3c(C=O)nc(OC)nc3N3CC4CCC(C3)N4)c12.FC1CC2CCCN2C1. The Balaban J connectivity index is 0.000000337. The number of aromatic nitrogens is 2. The molecule has 0 aliphatic carbocycles. The first-order chi connectivity index (χ1) is 21.8. The van der Waals surface area contributed by atoms with Gasteiger partial charge in [0.05, 0.1) is 30.1 Å². The topological polar surface area (TPSA) is 106 Å². The monoisotopic (exact) mass is 617 g/mol. The Hall–Kier alpha value is -4.34. The highest BCUT2D eigenvalue weighted by Gasteiger charge is 2.35. The molecule has 2 N–H and O–H groups in total. The fourth-order valence-electron chi connectivity index (χ4n) is 7.00. The Morgan fingerprint density at radius 1 is 1.20 bits per heavy atom. The Labute approximate surface area is 261 Å². The summed E-state index contributed by atoms with van der Waals surface area (Å²) in [5.41, 5.74) is 1.04. The number of methoxy groups -OCH3 is 1. The molecule has 12 heteroatoms. The molecule has 5 heterocycles. The van der Waals surface area contributed by atoms with Crippen molar-refractivity contribution in [2.75, 3.05) is 50.2 Å². The molecule has 0 amide bonds. The number of rotatable bonds is 6. The molecule has 3 aromatic rings. The third-order valence-electron chi connectivity index (χ3n) is 9.09. The normalized spacial score (nSPS) is 23.9. The van der Waals surface area contributed by atoms with Gasteiger partial charge < -0.3 is 20.1 Å². The number of phenols is 1. The Morgan fingerprint density at radius 3 is 2.67 bits per heavy atom. The second kappa shape index (κ2) is 12.9. The number of ether oxygens (including phenoxy) is 1. The lowest BCUT2D eigenvalue weighted by molar-refractivity contribution is 0.111. The third-order valence-corrected chi connectivity index (χ3v) is 9.09. The number of anilines is 2. The van der Waals surface area contributed by atoms with Crippen LogP contribution in [-0.4, -0.2) is 97.1 Å². The van der Waals surface area contributed by atoms with Crippen LogP contribution >= 0.6 is 0 Å². The molecule has 0 saturated carbocycles. The first-order valence-corrected chi connectivity index (χ1v) is 15.3. The van der Waals surface area contributed by atoms with Crippen LogP contribution in [0, 0.1) is 18.2 Å². The lowest BCUT2D eigenvalue weighted by Gasteiger charge is -2.34. The lowest BCUT2D eigenvalue weighted by atomic mass is 10.0. The molecule has 4 fully saturated rings. The van der Waals surface area contributed by atoms with E-state index < -0.39 is 12.0 Å². The van der Waals surface area contributed by atoms with Crippen LogP contribution in [0.3, 0.4) is 0 Å². The molecule has 7 rings (SSSR count). The minimum absolute atomic E-state index is 0.0209. The van der Waals surface area contributed by atoms with Crippen molar-refractivity contribution < 1.29 is 23.4 Å². The van der Waals surface area contributed by atoms with E-state index >= 15 is 0 Å². The number of hydrogen-bond donors (Lipinski definition) is 2. The molecular weight excluding hydrogens is 580 g/mol. The van der Waals surface area contributed by atoms with Gasteiger partial charge in [-0.2, -0.15) is 15.1 Å². The number of benzene rings is 2. The number of carbonyl (C=O) groups excluding carboxylic acids is 1. The maximum Gasteiger partial charge on any atom is 0.318 e. The second-order valence-electron chi connectivity index (χ2n) is 12.0. The van der Waals surface area contributed by atoms with Crippen molar-refractivity contribution in [3.63, 3.8) is 0 Å². The number of carbonyl (C=O) groups is 1. The van der Waals surface area contributed by atoms with E-state index in [1.807, 2.05) is 0 Å². The van der Waals surface area contributed by atoms with Gasteiger partial charge >= 0.3 is 6.01 Å². The minimum Gasteiger partial charge on any atom is -0.508 e. The number of fused-ring (bicyclic) bond motifs is 4. The van der Waals surface area contributed by atoms with Gasteiger partial charge in [-0.05, 0) is 56.2 Å². The summed E-state index contributed by atoms with van der Waals surface area (Å²) in [5, 5.41) is 20.8. The summed E-state index contributed by atoms with van der Waals surface area (Å²) in [6.45, 7) is 3.32. The highest BCUT2D eigenvalue weighted by molar-refractivity contribution is 6.01. The first kappa shape index (κ1) is 30.7. The summed E-state index contributed by atoms with van der Waals surface area (Å²) in [4.78, 5) is 25.1. The van der Waals surface area contributed by atoms with E-state index in [9.17, 15) is 18.7 Å². The summed E-state index contributed by atoms with van der Waals surface area (Å²) in [6, 6.07) is 7.17. The van der Waals surface area contributed by atoms with Crippen molar-refractivity contribution >= 4 is 34.8 Å². The second-order valence-corrected chi connectivity index (χ2v) is 12.0. The predicted molar refractivity (Wildman–Crippen MR) is 170 cm³/mol. The molecule has 0 spiro atoms.